The average Bonchev–Trinajstić information content (AvgIpc) is 3.39. The van der Waals surface area contributed by atoms with Gasteiger partial charge in [0.25, 0.3) is 5.91 Å². The normalized spacial score (nSPS) is 18.1. The lowest BCUT2D eigenvalue weighted by Crippen LogP contribution is -2.41. The number of carbonyl (C=O) groups is 2. The lowest BCUT2D eigenvalue weighted by Gasteiger charge is -2.23. The predicted octanol–water partition coefficient (Wildman–Crippen LogP) is 4.15. The molecule has 1 fully saturated rings. The number of nitrogens with one attached hydrogen (secondary N) is 1. The van der Waals surface area contributed by atoms with Crippen molar-refractivity contribution in [3.8, 4) is 11.1 Å². The van der Waals surface area contributed by atoms with Gasteiger partial charge in [-0.05, 0) is 71.7 Å². The summed E-state index contributed by atoms with van der Waals surface area (Å²) in [6.07, 6.45) is 2.55. The van der Waals surface area contributed by atoms with E-state index >= 15 is 0 Å². The maximum atomic E-state index is 13.4. The summed E-state index contributed by atoms with van der Waals surface area (Å²) >= 11 is 1.52. The number of thioether (sulfide) groups is 1. The number of likely N-dealkylation sites (tertiary alicyclic amines) is 1. The van der Waals surface area contributed by atoms with Crippen LogP contribution in [0.25, 0.3) is 11.1 Å². The van der Waals surface area contributed by atoms with Gasteiger partial charge in [-0.15, -0.1) is 0 Å². The predicted molar refractivity (Wildman–Crippen MR) is 167 cm³/mol. The molecule has 42 heavy (non-hydrogen) atoms. The van der Waals surface area contributed by atoms with Gasteiger partial charge >= 0.3 is 5.97 Å². The van der Waals surface area contributed by atoms with Crippen LogP contribution < -0.4 is 5.32 Å². The zero-order valence-electron chi connectivity index (χ0n) is 23.9. The second kappa shape index (κ2) is 14.3. The molecular formula is C32H38N2O6S2. The highest BCUT2D eigenvalue weighted by Crippen LogP contribution is 2.31. The highest BCUT2D eigenvalue weighted by molar-refractivity contribution is 7.98. The van der Waals surface area contributed by atoms with E-state index in [2.05, 4.69) is 5.32 Å². The van der Waals surface area contributed by atoms with Crippen molar-refractivity contribution in [2.45, 2.75) is 49.4 Å². The number of aliphatic carboxylic acids is 1. The fourth-order valence-electron chi connectivity index (χ4n) is 5.46. The van der Waals surface area contributed by atoms with Crippen LogP contribution >= 0.6 is 11.8 Å². The van der Waals surface area contributed by atoms with E-state index in [9.17, 15) is 28.2 Å². The quantitative estimate of drug-likeness (QED) is 0.264. The fraction of sp³-hybridized carbons (Fsp3) is 0.375. The molecule has 3 aromatic carbocycles. The number of aliphatic hydroxyl groups is 1. The van der Waals surface area contributed by atoms with Crippen molar-refractivity contribution in [3.63, 3.8) is 0 Å². The van der Waals surface area contributed by atoms with E-state index in [1.54, 1.807) is 18.2 Å². The number of hydrogen-bond acceptors (Lipinski definition) is 7. The first kappa shape index (κ1) is 31.7. The van der Waals surface area contributed by atoms with Crippen molar-refractivity contribution in [3.05, 3.63) is 95.1 Å². The molecule has 0 unspecified atom stereocenters. The van der Waals surface area contributed by atoms with Crippen molar-refractivity contribution in [2.24, 2.45) is 0 Å². The minimum atomic E-state index is -3.44. The second-order valence-electron chi connectivity index (χ2n) is 10.8. The molecule has 10 heteroatoms. The molecule has 3 N–H and O–H groups in total. The molecular weight excluding hydrogens is 572 g/mol. The van der Waals surface area contributed by atoms with E-state index in [0.29, 0.717) is 42.8 Å². The van der Waals surface area contributed by atoms with Crippen LogP contribution in [0.4, 0.5) is 0 Å². The topological polar surface area (TPSA) is 124 Å². The van der Waals surface area contributed by atoms with Gasteiger partial charge in [0, 0.05) is 24.7 Å². The van der Waals surface area contributed by atoms with Gasteiger partial charge in [-0.3, -0.25) is 9.69 Å². The van der Waals surface area contributed by atoms with Crippen LogP contribution in [0.1, 0.15) is 39.9 Å². The lowest BCUT2D eigenvalue weighted by molar-refractivity contribution is -0.139. The lowest BCUT2D eigenvalue weighted by atomic mass is 9.93. The number of hydrogen-bond donors (Lipinski definition) is 3. The zero-order chi connectivity index (χ0) is 30.3. The minimum Gasteiger partial charge on any atom is -0.480 e. The van der Waals surface area contributed by atoms with Gasteiger partial charge in [-0.1, -0.05) is 60.7 Å². The molecule has 1 heterocycles. The SMILES string of the molecule is CSCC[C@@H](NC(=O)c1ccc(CN2C[C@H](S(=O)(=O)Cc3ccccc3)C[C@@H]2CO)cc1-c1ccccc1C)C(=O)O. The van der Waals surface area contributed by atoms with Crippen LogP contribution in [-0.2, 0) is 26.9 Å². The maximum absolute atomic E-state index is 13.4. The van der Waals surface area contributed by atoms with E-state index in [0.717, 1.165) is 22.3 Å². The molecule has 0 saturated carbocycles. The monoisotopic (exact) mass is 610 g/mol. The molecule has 0 aliphatic carbocycles. The molecule has 1 saturated heterocycles. The van der Waals surface area contributed by atoms with Crippen LogP contribution in [0.15, 0.2) is 72.8 Å². The summed E-state index contributed by atoms with van der Waals surface area (Å²) in [7, 11) is -3.44. The molecule has 3 atom stereocenters. The van der Waals surface area contributed by atoms with Gasteiger partial charge in [0.05, 0.1) is 17.6 Å². The van der Waals surface area contributed by atoms with Gasteiger partial charge in [0.2, 0.25) is 0 Å². The van der Waals surface area contributed by atoms with E-state index in [1.165, 1.54) is 11.8 Å². The van der Waals surface area contributed by atoms with Crippen LogP contribution in [0.3, 0.4) is 0 Å². The minimum absolute atomic E-state index is 0.0417. The Labute approximate surface area is 252 Å². The number of aryl methyl sites for hydroxylation is 1. The van der Waals surface area contributed by atoms with E-state index < -0.39 is 33.0 Å². The number of sulfone groups is 1. The highest BCUT2D eigenvalue weighted by Gasteiger charge is 2.39. The summed E-state index contributed by atoms with van der Waals surface area (Å²) in [5.41, 5.74) is 4.46. The maximum Gasteiger partial charge on any atom is 0.326 e. The third-order valence-electron chi connectivity index (χ3n) is 7.78. The first-order valence-corrected chi connectivity index (χ1v) is 17.1. The number of benzene rings is 3. The number of carboxylic acids is 1. The Balaban J connectivity index is 1.60. The van der Waals surface area contributed by atoms with Crippen molar-refractivity contribution < 1.29 is 28.2 Å². The average molecular weight is 611 g/mol. The van der Waals surface area contributed by atoms with Gasteiger partial charge < -0.3 is 15.5 Å². The number of rotatable bonds is 13. The molecule has 224 valence electrons. The van der Waals surface area contributed by atoms with Gasteiger partial charge in [-0.25, -0.2) is 13.2 Å². The summed E-state index contributed by atoms with van der Waals surface area (Å²) in [6.45, 7) is 2.49. The van der Waals surface area contributed by atoms with Crippen LogP contribution in [-0.4, -0.2) is 77.9 Å². The highest BCUT2D eigenvalue weighted by atomic mass is 32.2. The molecule has 1 amide bonds. The Hall–Kier alpha value is -3.18. The number of amides is 1. The molecule has 0 aromatic heterocycles. The number of carbonyl (C=O) groups excluding carboxylic acids is 1. The first-order valence-electron chi connectivity index (χ1n) is 13.9. The zero-order valence-corrected chi connectivity index (χ0v) is 25.5. The summed E-state index contributed by atoms with van der Waals surface area (Å²) in [4.78, 5) is 27.2. The van der Waals surface area contributed by atoms with Gasteiger partial charge in [0.15, 0.2) is 9.84 Å². The fourth-order valence-corrected chi connectivity index (χ4v) is 7.75. The summed E-state index contributed by atoms with van der Waals surface area (Å²) in [5, 5.41) is 21.9. The summed E-state index contributed by atoms with van der Waals surface area (Å²) in [5.74, 6) is -0.979. The standard InChI is InChI=1S/C32H38N2O6S2/c1-22-8-6-7-11-27(22)29-16-24(12-13-28(29)31(36)33-30(32(37)38)14-15-41-2)18-34-19-26(17-25(34)20-35)42(39,40)21-23-9-4-3-5-10-23/h3-13,16,25-26,30,35H,14-15,17-21H2,1-2H3,(H,33,36)(H,37,38)/t25-,26-,30-/m1/s1. The van der Waals surface area contributed by atoms with Gasteiger partial charge in [0.1, 0.15) is 6.04 Å². The van der Waals surface area contributed by atoms with Crippen molar-refractivity contribution >= 4 is 33.5 Å². The van der Waals surface area contributed by atoms with Crippen LogP contribution in [0.2, 0.25) is 0 Å². The number of nitrogens with zero attached hydrogens (tertiary/aromatic N) is 1. The molecule has 0 bridgehead atoms. The van der Waals surface area contributed by atoms with Crippen LogP contribution in [0.5, 0.6) is 0 Å². The molecule has 1 aliphatic rings. The van der Waals surface area contributed by atoms with Crippen molar-refractivity contribution in [2.75, 3.05) is 25.2 Å². The Morgan fingerprint density at radius 2 is 1.74 bits per heavy atom. The van der Waals surface area contributed by atoms with E-state index in [-0.39, 0.29) is 18.4 Å². The Morgan fingerprint density at radius 1 is 1.02 bits per heavy atom. The molecule has 0 spiro atoms. The molecule has 8 nitrogen and oxygen atoms in total. The van der Waals surface area contributed by atoms with E-state index in [4.69, 9.17) is 0 Å². The Morgan fingerprint density at radius 3 is 2.40 bits per heavy atom. The molecule has 1 aliphatic heterocycles. The number of aliphatic hydroxyl groups excluding tert-OH is 1. The first-order chi connectivity index (χ1) is 20.1. The molecule has 4 rings (SSSR count). The third kappa shape index (κ3) is 7.80. The van der Waals surface area contributed by atoms with Gasteiger partial charge in [-0.2, -0.15) is 11.8 Å². The molecule has 3 aromatic rings. The smallest absolute Gasteiger partial charge is 0.326 e. The van der Waals surface area contributed by atoms with Crippen molar-refractivity contribution in [1.82, 2.24) is 10.2 Å². The van der Waals surface area contributed by atoms with Crippen LogP contribution in [0, 0.1) is 6.92 Å². The summed E-state index contributed by atoms with van der Waals surface area (Å²) < 4.78 is 26.5. The third-order valence-corrected chi connectivity index (χ3v) is 10.5. The largest absolute Gasteiger partial charge is 0.480 e. The summed E-state index contributed by atoms with van der Waals surface area (Å²) in [6, 6.07) is 20.9. The Kier molecular flexibility index (Phi) is 10.8. The van der Waals surface area contributed by atoms with E-state index in [1.807, 2.05) is 72.7 Å². The molecule has 0 radical (unpaired) electrons. The Bertz CT molecular complexity index is 1500. The number of carboxylic acid groups (broad SMARTS) is 1. The second-order valence-corrected chi connectivity index (χ2v) is 14.0. The van der Waals surface area contributed by atoms with Crippen molar-refractivity contribution in [1.29, 1.82) is 0 Å².